The van der Waals surface area contributed by atoms with E-state index in [1.165, 1.54) is 12.1 Å². The number of hydrogen-bond donors (Lipinski definition) is 2. The topological polar surface area (TPSA) is 107 Å². The summed E-state index contributed by atoms with van der Waals surface area (Å²) in [6, 6.07) is 16.1. The van der Waals surface area contributed by atoms with Crippen molar-refractivity contribution >= 4 is 15.9 Å². The van der Waals surface area contributed by atoms with Gasteiger partial charge >= 0.3 is 0 Å². The minimum atomic E-state index is -3.69. The summed E-state index contributed by atoms with van der Waals surface area (Å²) in [6.45, 7) is 0.531. The Bertz CT molecular complexity index is 1030. The molecule has 0 atom stereocenters. The van der Waals surface area contributed by atoms with Crippen molar-refractivity contribution in [2.75, 3.05) is 6.54 Å². The summed E-state index contributed by atoms with van der Waals surface area (Å²) in [5.74, 6) is -0.0500. The number of aryl methyl sites for hydroxylation is 1. The first-order valence-electron chi connectivity index (χ1n) is 8.89. The molecule has 28 heavy (non-hydrogen) atoms. The second-order valence-electron chi connectivity index (χ2n) is 6.42. The van der Waals surface area contributed by atoms with E-state index in [0.717, 1.165) is 16.8 Å². The van der Waals surface area contributed by atoms with Gasteiger partial charge in [0, 0.05) is 19.2 Å². The van der Waals surface area contributed by atoms with E-state index in [1.54, 1.807) is 18.3 Å². The second-order valence-corrected chi connectivity index (χ2v) is 7.98. The number of hydrogen-bond acceptors (Lipinski definition) is 4. The average molecular weight is 398 g/mol. The normalized spacial score (nSPS) is 11.3. The van der Waals surface area contributed by atoms with Crippen LogP contribution in [-0.4, -0.2) is 30.7 Å². The van der Waals surface area contributed by atoms with E-state index in [-0.39, 0.29) is 10.8 Å². The standard InChI is InChI=1S/C20H22N4O3S/c21-28(26,27)19-9-6-16(7-10-19)8-11-20(25)22-13-12-17-14-23-24(15-17)18-4-2-1-3-5-18/h1-7,9-10,14-15H,8,11-13H2,(H,22,25)(H2,21,26,27). The van der Waals surface area contributed by atoms with Crippen LogP contribution in [0.5, 0.6) is 0 Å². The summed E-state index contributed by atoms with van der Waals surface area (Å²) in [5.41, 5.74) is 2.92. The summed E-state index contributed by atoms with van der Waals surface area (Å²) in [5, 5.41) is 12.3. The Balaban J connectivity index is 1.42. The molecule has 1 heterocycles. The average Bonchev–Trinajstić information content (AvgIpc) is 3.16. The van der Waals surface area contributed by atoms with Crippen molar-refractivity contribution in [3.05, 3.63) is 78.1 Å². The number of benzene rings is 2. The van der Waals surface area contributed by atoms with Crippen molar-refractivity contribution in [1.82, 2.24) is 15.1 Å². The monoisotopic (exact) mass is 398 g/mol. The third-order valence-electron chi connectivity index (χ3n) is 4.29. The largest absolute Gasteiger partial charge is 0.356 e. The fourth-order valence-electron chi connectivity index (χ4n) is 2.75. The number of carbonyl (C=O) groups excluding carboxylic acids is 1. The van der Waals surface area contributed by atoms with Crippen LogP contribution in [0.1, 0.15) is 17.5 Å². The molecule has 7 nitrogen and oxygen atoms in total. The number of rotatable bonds is 8. The number of aromatic nitrogens is 2. The van der Waals surface area contributed by atoms with Crippen molar-refractivity contribution < 1.29 is 13.2 Å². The Morgan fingerprint density at radius 3 is 2.39 bits per heavy atom. The van der Waals surface area contributed by atoms with E-state index in [1.807, 2.05) is 41.2 Å². The Morgan fingerprint density at radius 2 is 1.71 bits per heavy atom. The maximum Gasteiger partial charge on any atom is 0.238 e. The highest BCUT2D eigenvalue weighted by Crippen LogP contribution is 2.10. The lowest BCUT2D eigenvalue weighted by atomic mass is 10.1. The minimum Gasteiger partial charge on any atom is -0.356 e. The molecule has 3 N–H and O–H groups in total. The van der Waals surface area contributed by atoms with Crippen molar-refractivity contribution in [2.45, 2.75) is 24.2 Å². The molecule has 8 heteroatoms. The van der Waals surface area contributed by atoms with Gasteiger partial charge in [-0.25, -0.2) is 18.2 Å². The molecule has 1 amide bonds. The molecule has 3 rings (SSSR count). The molecule has 0 fully saturated rings. The van der Waals surface area contributed by atoms with Gasteiger partial charge in [-0.2, -0.15) is 5.10 Å². The predicted molar refractivity (Wildman–Crippen MR) is 106 cm³/mol. The summed E-state index contributed by atoms with van der Waals surface area (Å²) in [6.07, 6.45) is 5.31. The van der Waals surface area contributed by atoms with Crippen LogP contribution in [0, 0.1) is 0 Å². The highest BCUT2D eigenvalue weighted by Gasteiger charge is 2.08. The Kier molecular flexibility index (Phi) is 6.23. The minimum absolute atomic E-state index is 0.0500. The summed E-state index contributed by atoms with van der Waals surface area (Å²) < 4.78 is 24.3. The number of nitrogens with one attached hydrogen (secondary N) is 1. The van der Waals surface area contributed by atoms with Crippen molar-refractivity contribution in [3.63, 3.8) is 0 Å². The van der Waals surface area contributed by atoms with Crippen LogP contribution < -0.4 is 10.5 Å². The smallest absolute Gasteiger partial charge is 0.238 e. The first-order chi connectivity index (χ1) is 13.4. The van der Waals surface area contributed by atoms with Crippen LogP contribution in [0.4, 0.5) is 0 Å². The van der Waals surface area contributed by atoms with Crippen molar-refractivity contribution in [2.24, 2.45) is 5.14 Å². The fourth-order valence-corrected chi connectivity index (χ4v) is 3.26. The van der Waals surface area contributed by atoms with Crippen molar-refractivity contribution in [1.29, 1.82) is 0 Å². The summed E-state index contributed by atoms with van der Waals surface area (Å²) in [7, 11) is -3.69. The van der Waals surface area contributed by atoms with Gasteiger partial charge in [-0.1, -0.05) is 30.3 Å². The van der Waals surface area contributed by atoms with E-state index < -0.39 is 10.0 Å². The zero-order valence-electron chi connectivity index (χ0n) is 15.3. The number of nitrogens with zero attached hydrogens (tertiary/aromatic N) is 2. The molecule has 0 aliphatic heterocycles. The molecule has 0 unspecified atom stereocenters. The lowest BCUT2D eigenvalue weighted by molar-refractivity contribution is -0.121. The van der Waals surface area contributed by atoms with Crippen LogP contribution in [0.15, 0.2) is 71.9 Å². The van der Waals surface area contributed by atoms with Crippen LogP contribution in [-0.2, 0) is 27.7 Å². The lowest BCUT2D eigenvalue weighted by Gasteiger charge is -2.05. The van der Waals surface area contributed by atoms with Gasteiger partial charge in [-0.05, 0) is 48.2 Å². The van der Waals surface area contributed by atoms with Gasteiger partial charge in [0.2, 0.25) is 15.9 Å². The van der Waals surface area contributed by atoms with Gasteiger partial charge < -0.3 is 5.32 Å². The van der Waals surface area contributed by atoms with Crippen LogP contribution >= 0.6 is 0 Å². The summed E-state index contributed by atoms with van der Waals surface area (Å²) in [4.78, 5) is 12.1. The van der Waals surface area contributed by atoms with E-state index in [4.69, 9.17) is 5.14 Å². The molecule has 3 aromatic rings. The van der Waals surface area contributed by atoms with E-state index in [2.05, 4.69) is 10.4 Å². The van der Waals surface area contributed by atoms with E-state index in [0.29, 0.717) is 25.8 Å². The third-order valence-corrected chi connectivity index (χ3v) is 5.21. The Hall–Kier alpha value is -2.97. The molecule has 0 saturated carbocycles. The number of nitrogens with two attached hydrogens (primary N) is 1. The number of carbonyl (C=O) groups is 1. The lowest BCUT2D eigenvalue weighted by Crippen LogP contribution is -2.25. The van der Waals surface area contributed by atoms with Gasteiger partial charge in [-0.15, -0.1) is 0 Å². The first kappa shape index (κ1) is 19.8. The predicted octanol–water partition coefficient (Wildman–Crippen LogP) is 1.81. The highest BCUT2D eigenvalue weighted by atomic mass is 32.2. The zero-order valence-corrected chi connectivity index (χ0v) is 16.1. The van der Waals surface area contributed by atoms with Crippen LogP contribution in [0.2, 0.25) is 0 Å². The van der Waals surface area contributed by atoms with Gasteiger partial charge in [0.1, 0.15) is 0 Å². The van der Waals surface area contributed by atoms with Gasteiger partial charge in [0.15, 0.2) is 0 Å². The molecule has 146 valence electrons. The molecule has 1 aromatic heterocycles. The molecule has 0 spiro atoms. The number of primary sulfonamides is 1. The fraction of sp³-hybridized carbons (Fsp3) is 0.200. The third kappa shape index (κ3) is 5.51. The Morgan fingerprint density at radius 1 is 1.00 bits per heavy atom. The van der Waals surface area contributed by atoms with Crippen LogP contribution in [0.25, 0.3) is 5.69 Å². The van der Waals surface area contributed by atoms with Gasteiger partial charge in [0.05, 0.1) is 16.8 Å². The highest BCUT2D eigenvalue weighted by molar-refractivity contribution is 7.89. The second kappa shape index (κ2) is 8.81. The first-order valence-corrected chi connectivity index (χ1v) is 10.4. The number of sulfonamides is 1. The quantitative estimate of drug-likeness (QED) is 0.603. The molecule has 0 bridgehead atoms. The molecule has 0 saturated heterocycles. The number of para-hydroxylation sites is 1. The molecule has 2 aromatic carbocycles. The van der Waals surface area contributed by atoms with Crippen LogP contribution in [0.3, 0.4) is 0 Å². The van der Waals surface area contributed by atoms with Gasteiger partial charge in [-0.3, -0.25) is 4.79 Å². The summed E-state index contributed by atoms with van der Waals surface area (Å²) >= 11 is 0. The molecule has 0 radical (unpaired) electrons. The maximum absolute atomic E-state index is 12.0. The number of amides is 1. The molecular formula is C20H22N4O3S. The molecule has 0 aliphatic rings. The SMILES string of the molecule is NS(=O)(=O)c1ccc(CCC(=O)NCCc2cnn(-c3ccccc3)c2)cc1. The van der Waals surface area contributed by atoms with Gasteiger partial charge in [0.25, 0.3) is 0 Å². The zero-order chi connectivity index (χ0) is 20.0. The molecular weight excluding hydrogens is 376 g/mol. The molecule has 0 aliphatic carbocycles. The maximum atomic E-state index is 12.0. The van der Waals surface area contributed by atoms with Crippen molar-refractivity contribution in [3.8, 4) is 5.69 Å². The van der Waals surface area contributed by atoms with E-state index >= 15 is 0 Å². The van der Waals surface area contributed by atoms with E-state index in [9.17, 15) is 13.2 Å². The Labute approximate surface area is 164 Å².